The third-order valence-corrected chi connectivity index (χ3v) is 2.81. The number of rotatable bonds is 3. The van der Waals surface area contributed by atoms with Crippen molar-refractivity contribution in [1.29, 1.82) is 0 Å². The van der Waals surface area contributed by atoms with Crippen molar-refractivity contribution in [2.75, 3.05) is 5.73 Å². The first kappa shape index (κ1) is 12.8. The largest absolute Gasteiger partial charge is 0.437 e. The van der Waals surface area contributed by atoms with Crippen LogP contribution in [0.5, 0.6) is 11.6 Å². The summed E-state index contributed by atoms with van der Waals surface area (Å²) in [7, 11) is 0. The van der Waals surface area contributed by atoms with E-state index in [-0.39, 0.29) is 17.4 Å². The fourth-order valence-electron chi connectivity index (χ4n) is 1.90. The number of nitrogens with two attached hydrogens (primary N) is 1. The van der Waals surface area contributed by atoms with E-state index in [1.807, 2.05) is 24.3 Å². The van der Waals surface area contributed by atoms with Crippen molar-refractivity contribution in [2.45, 2.75) is 0 Å². The normalized spacial score (nSPS) is 10.5. The van der Waals surface area contributed by atoms with Gasteiger partial charge in [-0.1, -0.05) is 18.2 Å². The Kier molecular flexibility index (Phi) is 3.07. The molecular formula is C14H10N4O3. The number of anilines is 1. The van der Waals surface area contributed by atoms with Crippen LogP contribution in [-0.2, 0) is 0 Å². The molecule has 2 N–H and O–H groups in total. The lowest BCUT2D eigenvalue weighted by atomic mass is 10.2. The summed E-state index contributed by atoms with van der Waals surface area (Å²) in [6.45, 7) is 0. The summed E-state index contributed by atoms with van der Waals surface area (Å²) in [6.07, 6.45) is 1.53. The number of nitro groups is 1. The highest BCUT2D eigenvalue weighted by Crippen LogP contribution is 2.26. The van der Waals surface area contributed by atoms with Gasteiger partial charge in [-0.3, -0.25) is 15.1 Å². The fourth-order valence-corrected chi connectivity index (χ4v) is 1.90. The number of pyridine rings is 2. The molecule has 3 rings (SSSR count). The van der Waals surface area contributed by atoms with Crippen LogP contribution < -0.4 is 10.5 Å². The monoisotopic (exact) mass is 282 g/mol. The number of para-hydroxylation sites is 1. The third-order valence-electron chi connectivity index (χ3n) is 2.81. The van der Waals surface area contributed by atoms with Crippen LogP contribution >= 0.6 is 0 Å². The number of hydrogen-bond donors (Lipinski definition) is 1. The van der Waals surface area contributed by atoms with E-state index in [0.717, 1.165) is 10.9 Å². The second-order valence-electron chi connectivity index (χ2n) is 4.31. The zero-order chi connectivity index (χ0) is 14.8. The Morgan fingerprint density at radius 3 is 2.81 bits per heavy atom. The summed E-state index contributed by atoms with van der Waals surface area (Å²) >= 11 is 0. The Bertz CT molecular complexity index is 835. The Hall–Kier alpha value is -3.22. The maximum atomic E-state index is 10.8. The van der Waals surface area contributed by atoms with E-state index in [0.29, 0.717) is 5.75 Å². The summed E-state index contributed by atoms with van der Waals surface area (Å²) in [6, 6.07) is 11.7. The molecule has 3 aromatic rings. The SMILES string of the molecule is Nc1cc([N+](=O)[O-])cc(Oc2cnc3ccccc3c2)n1. The van der Waals surface area contributed by atoms with E-state index >= 15 is 0 Å². The van der Waals surface area contributed by atoms with Gasteiger partial charge in [-0.05, 0) is 12.1 Å². The van der Waals surface area contributed by atoms with Crippen LogP contribution in [0.4, 0.5) is 11.5 Å². The topological polar surface area (TPSA) is 104 Å². The first-order valence-electron chi connectivity index (χ1n) is 6.06. The van der Waals surface area contributed by atoms with E-state index < -0.39 is 4.92 Å². The lowest BCUT2D eigenvalue weighted by Gasteiger charge is -2.06. The molecule has 7 heteroatoms. The number of benzene rings is 1. The van der Waals surface area contributed by atoms with Gasteiger partial charge in [-0.25, -0.2) is 0 Å². The van der Waals surface area contributed by atoms with Crippen molar-refractivity contribution in [3.05, 3.63) is 58.8 Å². The molecule has 2 aromatic heterocycles. The van der Waals surface area contributed by atoms with Gasteiger partial charge in [0, 0.05) is 5.39 Å². The molecule has 0 saturated heterocycles. The minimum atomic E-state index is -0.552. The molecule has 0 spiro atoms. The van der Waals surface area contributed by atoms with Gasteiger partial charge in [0.1, 0.15) is 11.6 Å². The zero-order valence-corrected chi connectivity index (χ0v) is 10.8. The number of ether oxygens (including phenoxy) is 1. The van der Waals surface area contributed by atoms with E-state index in [2.05, 4.69) is 9.97 Å². The van der Waals surface area contributed by atoms with Gasteiger partial charge in [0.05, 0.1) is 28.8 Å². The van der Waals surface area contributed by atoms with Gasteiger partial charge in [0.2, 0.25) is 5.88 Å². The average Bonchev–Trinajstić information content (AvgIpc) is 2.46. The highest BCUT2D eigenvalue weighted by atomic mass is 16.6. The summed E-state index contributed by atoms with van der Waals surface area (Å²) < 4.78 is 5.50. The van der Waals surface area contributed by atoms with Crippen LogP contribution in [0, 0.1) is 10.1 Å². The number of hydrogen-bond acceptors (Lipinski definition) is 6. The molecule has 21 heavy (non-hydrogen) atoms. The number of fused-ring (bicyclic) bond motifs is 1. The summed E-state index contributed by atoms with van der Waals surface area (Å²) in [5.74, 6) is 0.507. The molecule has 0 aliphatic rings. The quantitative estimate of drug-likeness (QED) is 0.585. The fraction of sp³-hybridized carbons (Fsp3) is 0. The maximum Gasteiger partial charge on any atom is 0.278 e. The lowest BCUT2D eigenvalue weighted by molar-refractivity contribution is -0.384. The molecule has 0 amide bonds. The predicted octanol–water partition coefficient (Wildman–Crippen LogP) is 2.91. The van der Waals surface area contributed by atoms with Gasteiger partial charge < -0.3 is 10.5 Å². The predicted molar refractivity (Wildman–Crippen MR) is 77.1 cm³/mol. The molecule has 104 valence electrons. The Morgan fingerprint density at radius 1 is 1.19 bits per heavy atom. The number of aromatic nitrogens is 2. The number of nitrogens with zero attached hydrogens (tertiary/aromatic N) is 3. The van der Waals surface area contributed by atoms with Crippen molar-refractivity contribution in [2.24, 2.45) is 0 Å². The van der Waals surface area contributed by atoms with Crippen LogP contribution in [0.25, 0.3) is 10.9 Å². The Balaban J connectivity index is 1.96. The third kappa shape index (κ3) is 2.71. The van der Waals surface area contributed by atoms with Crippen molar-refractivity contribution in [3.63, 3.8) is 0 Å². The van der Waals surface area contributed by atoms with Gasteiger partial charge in [-0.2, -0.15) is 4.98 Å². The summed E-state index contributed by atoms with van der Waals surface area (Å²) in [5.41, 5.74) is 6.19. The average molecular weight is 282 g/mol. The second-order valence-corrected chi connectivity index (χ2v) is 4.31. The molecule has 1 aromatic carbocycles. The van der Waals surface area contributed by atoms with Gasteiger partial charge in [0.15, 0.2) is 0 Å². The van der Waals surface area contributed by atoms with Crippen LogP contribution in [0.2, 0.25) is 0 Å². The molecule has 0 radical (unpaired) electrons. The van der Waals surface area contributed by atoms with Gasteiger partial charge >= 0.3 is 0 Å². The maximum absolute atomic E-state index is 10.8. The van der Waals surface area contributed by atoms with Crippen molar-refractivity contribution >= 4 is 22.4 Å². The van der Waals surface area contributed by atoms with E-state index in [4.69, 9.17) is 10.5 Å². The summed E-state index contributed by atoms with van der Waals surface area (Å²) in [5, 5.41) is 11.7. The van der Waals surface area contributed by atoms with Crippen molar-refractivity contribution in [1.82, 2.24) is 9.97 Å². The minimum Gasteiger partial charge on any atom is -0.437 e. The summed E-state index contributed by atoms with van der Waals surface area (Å²) in [4.78, 5) is 18.4. The molecule has 0 saturated carbocycles. The highest BCUT2D eigenvalue weighted by molar-refractivity contribution is 5.79. The van der Waals surface area contributed by atoms with E-state index in [1.165, 1.54) is 18.3 Å². The molecule has 7 nitrogen and oxygen atoms in total. The molecule has 0 fully saturated rings. The molecule has 0 aliphatic carbocycles. The molecule has 0 aliphatic heterocycles. The standard InChI is InChI=1S/C14H10N4O3/c15-13-6-10(18(19)20)7-14(17-13)21-11-5-9-3-1-2-4-12(9)16-8-11/h1-8H,(H2,15,17). The van der Waals surface area contributed by atoms with Gasteiger partial charge in [-0.15, -0.1) is 0 Å². The molecule has 0 bridgehead atoms. The first-order chi connectivity index (χ1) is 10.1. The lowest BCUT2D eigenvalue weighted by Crippen LogP contribution is -1.97. The second kappa shape index (κ2) is 5.04. The Morgan fingerprint density at radius 2 is 2.00 bits per heavy atom. The molecule has 0 atom stereocenters. The van der Waals surface area contributed by atoms with Crippen LogP contribution in [-0.4, -0.2) is 14.9 Å². The van der Waals surface area contributed by atoms with Crippen LogP contribution in [0.1, 0.15) is 0 Å². The number of nitrogen functional groups attached to an aromatic ring is 1. The molecule has 0 unspecified atom stereocenters. The first-order valence-corrected chi connectivity index (χ1v) is 6.06. The minimum absolute atomic E-state index is 0.0212. The van der Waals surface area contributed by atoms with Crippen LogP contribution in [0.3, 0.4) is 0 Å². The highest BCUT2D eigenvalue weighted by Gasteiger charge is 2.11. The van der Waals surface area contributed by atoms with Gasteiger partial charge in [0.25, 0.3) is 5.69 Å². The van der Waals surface area contributed by atoms with Crippen molar-refractivity contribution < 1.29 is 9.66 Å². The van der Waals surface area contributed by atoms with Crippen molar-refractivity contribution in [3.8, 4) is 11.6 Å². The van der Waals surface area contributed by atoms with Crippen LogP contribution in [0.15, 0.2) is 48.7 Å². The molecular weight excluding hydrogens is 272 g/mol. The zero-order valence-electron chi connectivity index (χ0n) is 10.8. The van der Waals surface area contributed by atoms with E-state index in [9.17, 15) is 10.1 Å². The Labute approximate surface area is 119 Å². The van der Waals surface area contributed by atoms with E-state index in [1.54, 1.807) is 6.07 Å². The smallest absolute Gasteiger partial charge is 0.278 e. The molecule has 2 heterocycles.